The molecule has 5 rings (SSSR count). The van der Waals surface area contributed by atoms with Gasteiger partial charge >= 0.3 is 18.1 Å². The molecule has 0 radical (unpaired) electrons. The third-order valence-corrected chi connectivity index (χ3v) is 7.78. The summed E-state index contributed by atoms with van der Waals surface area (Å²) in [6.07, 6.45) is -9.43. The number of halogens is 3. The van der Waals surface area contributed by atoms with Gasteiger partial charge < -0.3 is 34.8 Å². The Morgan fingerprint density at radius 1 is 1.07 bits per heavy atom. The van der Waals surface area contributed by atoms with Crippen molar-refractivity contribution in [1.29, 1.82) is 0 Å². The van der Waals surface area contributed by atoms with Gasteiger partial charge in [0.2, 0.25) is 0 Å². The Bertz CT molecular complexity index is 1520. The highest BCUT2D eigenvalue weighted by Crippen LogP contribution is 2.52. The maximum Gasteiger partial charge on any atom is 0.471 e. The summed E-state index contributed by atoms with van der Waals surface area (Å²) in [4.78, 5) is 50.0. The minimum atomic E-state index is -5.11. The number of hydrogen-bond donors (Lipinski definition) is 4. The number of amides is 1. The van der Waals surface area contributed by atoms with Crippen LogP contribution in [0.4, 0.5) is 13.2 Å². The second-order valence-corrected chi connectivity index (χ2v) is 11.1. The zero-order valence-corrected chi connectivity index (χ0v) is 23.0. The summed E-state index contributed by atoms with van der Waals surface area (Å²) in [5.74, 6) is -5.70. The molecule has 1 amide bonds. The van der Waals surface area contributed by atoms with Crippen molar-refractivity contribution in [3.63, 3.8) is 0 Å². The molecule has 0 unspecified atom stereocenters. The largest absolute Gasteiger partial charge is 0.507 e. The molecule has 0 aromatic heterocycles. The van der Waals surface area contributed by atoms with Gasteiger partial charge in [0, 0.05) is 54.5 Å². The summed E-state index contributed by atoms with van der Waals surface area (Å²) < 4.78 is 55.5. The first-order valence-electron chi connectivity index (χ1n) is 13.4. The highest BCUT2D eigenvalue weighted by molar-refractivity contribution is 6.30. The zero-order chi connectivity index (χ0) is 31.4. The maximum absolute atomic E-state index is 13.5. The van der Waals surface area contributed by atoms with E-state index in [-0.39, 0.29) is 41.5 Å². The number of ketones is 2. The molecule has 2 aliphatic carbocycles. The smallest absolute Gasteiger partial charge is 0.471 e. The summed E-state index contributed by atoms with van der Waals surface area (Å²) in [6, 6.07) is 4.84. The van der Waals surface area contributed by atoms with Gasteiger partial charge in [-0.1, -0.05) is 24.3 Å². The van der Waals surface area contributed by atoms with Gasteiger partial charge in [-0.2, -0.15) is 13.2 Å². The first kappa shape index (κ1) is 30.4. The Morgan fingerprint density at radius 2 is 1.67 bits per heavy atom. The minimum Gasteiger partial charge on any atom is -0.507 e. The number of carbonyl (C=O) groups excluding carboxylic acids is 4. The first-order chi connectivity index (χ1) is 20.1. The molecule has 1 fully saturated rings. The Morgan fingerprint density at radius 3 is 2.26 bits per heavy atom. The molecule has 5 atom stereocenters. The van der Waals surface area contributed by atoms with Crippen LogP contribution in [-0.2, 0) is 30.2 Å². The normalized spacial score (nSPS) is 26.7. The van der Waals surface area contributed by atoms with E-state index in [2.05, 4.69) is 0 Å². The fourth-order valence-electron chi connectivity index (χ4n) is 5.98. The lowest BCUT2D eigenvalue weighted by molar-refractivity contribution is -0.230. The van der Waals surface area contributed by atoms with Crippen LogP contribution in [0.2, 0.25) is 0 Å². The SMILES string of the molecule is CC(=O)OC[C@]1(O)Cc2c(O)c3c(c(O)c2[C@@H](O[C@H]2C[C@H](NC(=O)C(F)(F)F)C[C@H](C)O2)C1)C(=O)c1ccccc1C3=O. The average Bonchev–Trinajstić information content (AvgIpc) is 2.91. The molecule has 1 aliphatic heterocycles. The Kier molecular flexibility index (Phi) is 7.73. The summed E-state index contributed by atoms with van der Waals surface area (Å²) in [6.45, 7) is 2.10. The van der Waals surface area contributed by atoms with Crippen LogP contribution >= 0.6 is 0 Å². The predicted molar refractivity (Wildman–Crippen MR) is 138 cm³/mol. The molecule has 0 bridgehead atoms. The average molecular weight is 608 g/mol. The predicted octanol–water partition coefficient (Wildman–Crippen LogP) is 2.74. The molecule has 2 aromatic rings. The number of aromatic hydroxyl groups is 2. The summed E-state index contributed by atoms with van der Waals surface area (Å²) in [5, 5.41) is 36.2. The second kappa shape index (κ2) is 10.9. The molecule has 2 aromatic carbocycles. The van der Waals surface area contributed by atoms with Crippen molar-refractivity contribution >= 4 is 23.4 Å². The van der Waals surface area contributed by atoms with Gasteiger partial charge in [-0.25, -0.2) is 0 Å². The number of aliphatic hydroxyl groups is 1. The van der Waals surface area contributed by atoms with E-state index in [1.54, 1.807) is 6.92 Å². The number of phenols is 2. The summed E-state index contributed by atoms with van der Waals surface area (Å²) in [7, 11) is 0. The van der Waals surface area contributed by atoms with Gasteiger partial charge in [0.05, 0.1) is 23.3 Å². The van der Waals surface area contributed by atoms with Crippen LogP contribution in [0.3, 0.4) is 0 Å². The third-order valence-electron chi connectivity index (χ3n) is 7.78. The third kappa shape index (κ3) is 5.69. The van der Waals surface area contributed by atoms with Gasteiger partial charge in [-0.3, -0.25) is 19.2 Å². The molecule has 0 saturated carbocycles. The van der Waals surface area contributed by atoms with E-state index in [1.807, 2.05) is 5.32 Å². The molecule has 3 aliphatic rings. The molecule has 0 spiro atoms. The van der Waals surface area contributed by atoms with Gasteiger partial charge in [0.25, 0.3) is 0 Å². The van der Waals surface area contributed by atoms with Gasteiger partial charge in [-0.15, -0.1) is 0 Å². The van der Waals surface area contributed by atoms with E-state index in [0.29, 0.717) is 0 Å². The van der Waals surface area contributed by atoms with Crippen LogP contribution in [0.25, 0.3) is 0 Å². The van der Waals surface area contributed by atoms with Crippen molar-refractivity contribution in [2.45, 2.75) is 75.8 Å². The zero-order valence-electron chi connectivity index (χ0n) is 23.0. The molecular formula is C29H28F3NO10. The lowest BCUT2D eigenvalue weighted by atomic mass is 9.73. The first-order valence-corrected chi connectivity index (χ1v) is 13.4. The standard InChI is InChI=1S/C29H28F3NO10/c1-12-7-14(33-27(39)29(30,31)32)8-19(42-12)43-18-10-28(40,11-41-13(2)34)9-17-20(18)26(38)22-21(25(17)37)23(35)15-5-3-4-6-16(15)24(22)36/h3-6,12,14,18-19,37-38,40H,7-11H2,1-2H3,(H,33,39)/t12-,14+,18-,19-,28-/m0/s1. The van der Waals surface area contributed by atoms with Gasteiger partial charge in [0.15, 0.2) is 17.9 Å². The van der Waals surface area contributed by atoms with Crippen LogP contribution in [0.15, 0.2) is 24.3 Å². The molecule has 4 N–H and O–H groups in total. The quantitative estimate of drug-likeness (QED) is 0.250. The fraction of sp³-hybridized carbons (Fsp3) is 0.448. The van der Waals surface area contributed by atoms with Gasteiger partial charge in [0.1, 0.15) is 23.7 Å². The maximum atomic E-state index is 13.5. The number of carbonyl (C=O) groups is 4. The number of fused-ring (bicyclic) bond motifs is 3. The monoisotopic (exact) mass is 607 g/mol. The number of phenolic OH excluding ortho intramolecular Hbond substituents is 2. The van der Waals surface area contributed by atoms with Crippen LogP contribution < -0.4 is 5.32 Å². The Hall–Kier alpha value is -4.01. The van der Waals surface area contributed by atoms with Crippen molar-refractivity contribution < 1.29 is 61.9 Å². The number of hydrogen-bond acceptors (Lipinski definition) is 10. The van der Waals surface area contributed by atoms with Gasteiger partial charge in [-0.05, 0) is 13.3 Å². The number of nitrogens with one attached hydrogen (secondary N) is 1. The van der Waals surface area contributed by atoms with Crippen LogP contribution in [0.5, 0.6) is 11.5 Å². The van der Waals surface area contributed by atoms with E-state index in [0.717, 1.165) is 6.92 Å². The van der Waals surface area contributed by atoms with Crippen LogP contribution in [0, 0.1) is 0 Å². The van der Waals surface area contributed by atoms with Crippen LogP contribution in [0.1, 0.15) is 82.2 Å². The molecule has 1 saturated heterocycles. The van der Waals surface area contributed by atoms with Crippen molar-refractivity contribution in [1.82, 2.24) is 5.32 Å². The van der Waals surface area contributed by atoms with E-state index < -0.39 is 95.4 Å². The number of ether oxygens (including phenoxy) is 3. The lowest BCUT2D eigenvalue weighted by Crippen LogP contribution is -2.50. The fourth-order valence-corrected chi connectivity index (χ4v) is 5.98. The van der Waals surface area contributed by atoms with Crippen molar-refractivity contribution in [2.75, 3.05) is 6.61 Å². The number of alkyl halides is 3. The molecule has 43 heavy (non-hydrogen) atoms. The molecule has 230 valence electrons. The van der Waals surface area contributed by atoms with E-state index in [9.17, 15) is 47.7 Å². The minimum absolute atomic E-state index is 0.00183. The second-order valence-electron chi connectivity index (χ2n) is 11.1. The van der Waals surface area contributed by atoms with Crippen molar-refractivity contribution in [2.24, 2.45) is 0 Å². The number of benzene rings is 2. The van der Waals surface area contributed by atoms with E-state index >= 15 is 0 Å². The van der Waals surface area contributed by atoms with Crippen LogP contribution in [-0.4, -0.2) is 75.6 Å². The number of esters is 1. The van der Waals surface area contributed by atoms with E-state index in [4.69, 9.17) is 14.2 Å². The highest BCUT2D eigenvalue weighted by atomic mass is 19.4. The lowest BCUT2D eigenvalue weighted by Gasteiger charge is -2.42. The molecule has 14 heteroatoms. The topological polar surface area (TPSA) is 169 Å². The molecular weight excluding hydrogens is 579 g/mol. The summed E-state index contributed by atoms with van der Waals surface area (Å²) >= 11 is 0. The molecule has 1 heterocycles. The molecule has 11 nitrogen and oxygen atoms in total. The Labute approximate surface area is 242 Å². The Balaban J connectivity index is 1.56. The summed E-state index contributed by atoms with van der Waals surface area (Å²) in [5.41, 5.74) is -3.10. The van der Waals surface area contributed by atoms with Crippen molar-refractivity contribution in [3.05, 3.63) is 57.6 Å². The number of rotatable bonds is 5. The van der Waals surface area contributed by atoms with E-state index in [1.165, 1.54) is 24.3 Å². The highest BCUT2D eigenvalue weighted by Gasteiger charge is 2.48. The van der Waals surface area contributed by atoms with Crippen molar-refractivity contribution in [3.8, 4) is 11.5 Å².